The highest BCUT2D eigenvalue weighted by atomic mass is 19.4. The van der Waals surface area contributed by atoms with E-state index in [9.17, 15) is 18.0 Å². The molecule has 3 N–H and O–H groups in total. The Hall–Kier alpha value is -1.99. The van der Waals surface area contributed by atoms with Crippen LogP contribution < -0.4 is 11.1 Å². The molecule has 0 amide bonds. The fourth-order valence-electron chi connectivity index (χ4n) is 1.18. The predicted molar refractivity (Wildman–Crippen MR) is 58.8 cm³/mol. The number of esters is 1. The summed E-state index contributed by atoms with van der Waals surface area (Å²) in [4.78, 5) is 14.7. The van der Waals surface area contributed by atoms with E-state index in [-0.39, 0.29) is 24.8 Å². The molecule has 1 heterocycles. The highest BCUT2D eigenvalue weighted by molar-refractivity contribution is 5.74. The molecule has 0 bridgehead atoms. The standard InChI is InChI=1S/C10H12F3N3O2/c1-2-18-9(17)5-15-8-4-6(10(11,12)13)3-7(14)16-8/h3-4H,2,5H2,1H3,(H3,14,15,16). The lowest BCUT2D eigenvalue weighted by Crippen LogP contribution is -2.18. The Morgan fingerprint density at radius 1 is 1.50 bits per heavy atom. The molecule has 1 rings (SSSR count). The smallest absolute Gasteiger partial charge is 0.416 e. The second-order valence-electron chi connectivity index (χ2n) is 3.32. The van der Waals surface area contributed by atoms with Gasteiger partial charge in [0.15, 0.2) is 0 Å². The molecule has 0 unspecified atom stereocenters. The number of aromatic nitrogens is 1. The fraction of sp³-hybridized carbons (Fsp3) is 0.400. The van der Waals surface area contributed by atoms with Gasteiger partial charge < -0.3 is 15.8 Å². The van der Waals surface area contributed by atoms with Crippen molar-refractivity contribution in [2.24, 2.45) is 0 Å². The minimum atomic E-state index is -4.52. The fourth-order valence-corrected chi connectivity index (χ4v) is 1.18. The zero-order valence-electron chi connectivity index (χ0n) is 9.54. The monoisotopic (exact) mass is 263 g/mol. The van der Waals surface area contributed by atoms with Crippen molar-refractivity contribution < 1.29 is 22.7 Å². The van der Waals surface area contributed by atoms with Gasteiger partial charge in [-0.05, 0) is 19.1 Å². The number of carbonyl (C=O) groups is 1. The van der Waals surface area contributed by atoms with Crippen molar-refractivity contribution in [3.63, 3.8) is 0 Å². The number of nitrogens with two attached hydrogens (primary N) is 1. The quantitative estimate of drug-likeness (QED) is 0.808. The van der Waals surface area contributed by atoms with Crippen LogP contribution in [0.15, 0.2) is 12.1 Å². The van der Waals surface area contributed by atoms with Crippen molar-refractivity contribution in [1.82, 2.24) is 4.98 Å². The highest BCUT2D eigenvalue weighted by Gasteiger charge is 2.31. The summed E-state index contributed by atoms with van der Waals surface area (Å²) in [7, 11) is 0. The van der Waals surface area contributed by atoms with Gasteiger partial charge in [0.1, 0.15) is 18.2 Å². The number of nitrogens with zero attached hydrogens (tertiary/aromatic N) is 1. The Morgan fingerprint density at radius 3 is 2.72 bits per heavy atom. The van der Waals surface area contributed by atoms with E-state index < -0.39 is 17.7 Å². The van der Waals surface area contributed by atoms with E-state index >= 15 is 0 Å². The van der Waals surface area contributed by atoms with E-state index in [0.29, 0.717) is 0 Å². The number of nitrogen functional groups attached to an aromatic ring is 1. The Morgan fingerprint density at radius 2 is 2.17 bits per heavy atom. The Labute approximate surface area is 101 Å². The van der Waals surface area contributed by atoms with Crippen molar-refractivity contribution >= 4 is 17.6 Å². The van der Waals surface area contributed by atoms with E-state index in [1.807, 2.05) is 0 Å². The molecule has 100 valence electrons. The number of anilines is 2. The summed E-state index contributed by atoms with van der Waals surface area (Å²) in [6.45, 7) is 1.54. The summed E-state index contributed by atoms with van der Waals surface area (Å²) in [5.41, 5.74) is 4.32. The van der Waals surface area contributed by atoms with Crippen LogP contribution in [0, 0.1) is 0 Å². The van der Waals surface area contributed by atoms with Crippen molar-refractivity contribution in [3.8, 4) is 0 Å². The SMILES string of the molecule is CCOC(=O)CNc1cc(C(F)(F)F)cc(N)n1. The molecular weight excluding hydrogens is 251 g/mol. The van der Waals surface area contributed by atoms with Gasteiger partial charge in [0.2, 0.25) is 0 Å². The summed E-state index contributed by atoms with van der Waals surface area (Å²) in [6, 6.07) is 1.49. The number of alkyl halides is 3. The van der Waals surface area contributed by atoms with Gasteiger partial charge in [-0.1, -0.05) is 0 Å². The maximum Gasteiger partial charge on any atom is 0.416 e. The van der Waals surface area contributed by atoms with Crippen LogP contribution in [0.5, 0.6) is 0 Å². The zero-order chi connectivity index (χ0) is 13.8. The molecule has 18 heavy (non-hydrogen) atoms. The average molecular weight is 263 g/mol. The summed E-state index contributed by atoms with van der Waals surface area (Å²) in [5, 5.41) is 2.42. The Balaban J connectivity index is 2.78. The third-order valence-electron chi connectivity index (χ3n) is 1.89. The minimum absolute atomic E-state index is 0.129. The van der Waals surface area contributed by atoms with Crippen LogP contribution in [0.1, 0.15) is 12.5 Å². The van der Waals surface area contributed by atoms with Gasteiger partial charge in [0.25, 0.3) is 0 Å². The van der Waals surface area contributed by atoms with Crippen LogP contribution in [-0.2, 0) is 15.7 Å². The summed E-state index contributed by atoms with van der Waals surface area (Å²) in [6.07, 6.45) is -4.52. The first kappa shape index (κ1) is 14.1. The molecule has 1 aromatic rings. The molecule has 0 aromatic carbocycles. The number of carbonyl (C=O) groups excluding carboxylic acids is 1. The molecule has 0 radical (unpaired) electrons. The minimum Gasteiger partial charge on any atom is -0.465 e. The van der Waals surface area contributed by atoms with Crippen LogP contribution in [0.25, 0.3) is 0 Å². The van der Waals surface area contributed by atoms with E-state index in [0.717, 1.165) is 12.1 Å². The molecule has 0 aliphatic rings. The van der Waals surface area contributed by atoms with Gasteiger partial charge in [0.05, 0.1) is 12.2 Å². The van der Waals surface area contributed by atoms with Gasteiger partial charge in [-0.3, -0.25) is 4.79 Å². The number of halogens is 3. The Bertz CT molecular complexity index is 435. The molecule has 0 aliphatic carbocycles. The molecule has 8 heteroatoms. The summed E-state index contributed by atoms with van der Waals surface area (Å²) in [5.74, 6) is -0.998. The molecular formula is C10H12F3N3O2. The number of hydrogen-bond acceptors (Lipinski definition) is 5. The topological polar surface area (TPSA) is 77.2 Å². The van der Waals surface area contributed by atoms with E-state index in [4.69, 9.17) is 5.73 Å². The lowest BCUT2D eigenvalue weighted by Gasteiger charge is -2.10. The van der Waals surface area contributed by atoms with Gasteiger partial charge in [-0.2, -0.15) is 13.2 Å². The van der Waals surface area contributed by atoms with Crippen LogP contribution >= 0.6 is 0 Å². The van der Waals surface area contributed by atoms with Crippen molar-refractivity contribution in [2.45, 2.75) is 13.1 Å². The first-order valence-electron chi connectivity index (χ1n) is 5.07. The van der Waals surface area contributed by atoms with Crippen LogP contribution in [0.4, 0.5) is 24.8 Å². The van der Waals surface area contributed by atoms with E-state index in [1.165, 1.54) is 0 Å². The molecule has 0 aliphatic heterocycles. The van der Waals surface area contributed by atoms with E-state index in [2.05, 4.69) is 15.0 Å². The average Bonchev–Trinajstić information content (AvgIpc) is 2.25. The van der Waals surface area contributed by atoms with Crippen molar-refractivity contribution in [2.75, 3.05) is 24.2 Å². The third-order valence-corrected chi connectivity index (χ3v) is 1.89. The van der Waals surface area contributed by atoms with Gasteiger partial charge >= 0.3 is 12.1 Å². The molecule has 0 saturated heterocycles. The second-order valence-corrected chi connectivity index (χ2v) is 3.32. The number of ether oxygens (including phenoxy) is 1. The maximum atomic E-state index is 12.5. The normalized spacial score (nSPS) is 11.1. The largest absolute Gasteiger partial charge is 0.465 e. The molecule has 0 spiro atoms. The first-order valence-corrected chi connectivity index (χ1v) is 5.07. The van der Waals surface area contributed by atoms with E-state index in [1.54, 1.807) is 6.92 Å². The molecule has 1 aromatic heterocycles. The van der Waals surface area contributed by atoms with Gasteiger partial charge in [-0.15, -0.1) is 0 Å². The summed E-state index contributed by atoms with van der Waals surface area (Å²) < 4.78 is 42.0. The number of nitrogens with one attached hydrogen (secondary N) is 1. The highest BCUT2D eigenvalue weighted by Crippen LogP contribution is 2.31. The second kappa shape index (κ2) is 5.56. The van der Waals surface area contributed by atoms with Crippen molar-refractivity contribution in [1.29, 1.82) is 0 Å². The maximum absolute atomic E-state index is 12.5. The van der Waals surface area contributed by atoms with Crippen LogP contribution in [0.3, 0.4) is 0 Å². The van der Waals surface area contributed by atoms with Gasteiger partial charge in [0, 0.05) is 0 Å². The van der Waals surface area contributed by atoms with Crippen molar-refractivity contribution in [3.05, 3.63) is 17.7 Å². The van der Waals surface area contributed by atoms with Gasteiger partial charge in [-0.25, -0.2) is 4.98 Å². The van der Waals surface area contributed by atoms with Crippen LogP contribution in [-0.4, -0.2) is 24.1 Å². The first-order chi connectivity index (χ1) is 8.32. The lowest BCUT2D eigenvalue weighted by atomic mass is 10.2. The van der Waals surface area contributed by atoms with Crippen LogP contribution in [0.2, 0.25) is 0 Å². The predicted octanol–water partition coefficient (Wildman–Crippen LogP) is 1.66. The molecule has 0 atom stereocenters. The number of rotatable bonds is 4. The zero-order valence-corrected chi connectivity index (χ0v) is 9.54. The third kappa shape index (κ3) is 4.11. The summed E-state index contributed by atoms with van der Waals surface area (Å²) >= 11 is 0. The number of pyridine rings is 1. The molecule has 0 saturated carbocycles. The molecule has 5 nitrogen and oxygen atoms in total. The Kier molecular flexibility index (Phi) is 4.35. The number of hydrogen-bond donors (Lipinski definition) is 2. The molecule has 0 fully saturated rings. The lowest BCUT2D eigenvalue weighted by molar-refractivity contribution is -0.141.